The normalized spacial score (nSPS) is 24.8. The van der Waals surface area contributed by atoms with Gasteiger partial charge in [-0.25, -0.2) is 0 Å². The summed E-state index contributed by atoms with van der Waals surface area (Å²) in [6.07, 6.45) is 3.63. The van der Waals surface area contributed by atoms with Crippen LogP contribution >= 0.6 is 0 Å². The predicted molar refractivity (Wildman–Crippen MR) is 73.1 cm³/mol. The van der Waals surface area contributed by atoms with Crippen LogP contribution in [0.1, 0.15) is 31.7 Å². The molecule has 18 heavy (non-hydrogen) atoms. The summed E-state index contributed by atoms with van der Waals surface area (Å²) in [5, 5.41) is 3.10. The molecule has 98 valence electrons. The molecule has 3 N–H and O–H groups in total. The number of benzene rings is 1. The van der Waals surface area contributed by atoms with Crippen LogP contribution in [-0.4, -0.2) is 18.0 Å². The first-order valence-electron chi connectivity index (χ1n) is 6.75. The number of rotatable bonds is 4. The molecule has 0 bridgehead atoms. The maximum Gasteiger partial charge on any atom is 0.223 e. The van der Waals surface area contributed by atoms with Crippen molar-refractivity contribution in [3.63, 3.8) is 0 Å². The van der Waals surface area contributed by atoms with Gasteiger partial charge in [-0.1, -0.05) is 30.3 Å². The molecule has 0 aliphatic heterocycles. The lowest BCUT2D eigenvalue weighted by Gasteiger charge is -2.17. The van der Waals surface area contributed by atoms with Crippen LogP contribution in [0.4, 0.5) is 0 Å². The fourth-order valence-electron chi connectivity index (χ4n) is 2.63. The van der Waals surface area contributed by atoms with E-state index in [1.165, 1.54) is 5.56 Å². The second-order valence-corrected chi connectivity index (χ2v) is 5.37. The zero-order valence-electron chi connectivity index (χ0n) is 10.9. The summed E-state index contributed by atoms with van der Waals surface area (Å²) in [7, 11) is 0. The number of carbonyl (C=O) groups excluding carboxylic acids is 1. The van der Waals surface area contributed by atoms with Crippen LogP contribution in [0.25, 0.3) is 0 Å². The van der Waals surface area contributed by atoms with Crippen LogP contribution in [0.15, 0.2) is 30.3 Å². The Morgan fingerprint density at radius 1 is 1.39 bits per heavy atom. The molecule has 3 atom stereocenters. The third kappa shape index (κ3) is 3.57. The lowest BCUT2D eigenvalue weighted by Crippen LogP contribution is -2.38. The zero-order chi connectivity index (χ0) is 13.0. The molecular weight excluding hydrogens is 224 g/mol. The standard InChI is InChI=1S/C15H22N2O/c1-11(9-12-5-3-2-4-6-12)17-15(18)13-7-8-14(16)10-13/h2-6,11,13-14H,7-10,16H2,1H3,(H,17,18). The Kier molecular flexibility index (Phi) is 4.37. The SMILES string of the molecule is CC(Cc1ccccc1)NC(=O)C1CCC(N)C1. The molecule has 1 fully saturated rings. The minimum Gasteiger partial charge on any atom is -0.353 e. The number of amides is 1. The topological polar surface area (TPSA) is 55.1 Å². The van der Waals surface area contributed by atoms with Gasteiger partial charge in [0.1, 0.15) is 0 Å². The van der Waals surface area contributed by atoms with Crippen molar-refractivity contribution in [2.45, 2.75) is 44.7 Å². The van der Waals surface area contributed by atoms with Crippen LogP contribution in [0.5, 0.6) is 0 Å². The van der Waals surface area contributed by atoms with Gasteiger partial charge in [0.25, 0.3) is 0 Å². The van der Waals surface area contributed by atoms with E-state index in [4.69, 9.17) is 5.73 Å². The highest BCUT2D eigenvalue weighted by Crippen LogP contribution is 2.24. The fourth-order valence-corrected chi connectivity index (χ4v) is 2.63. The van der Waals surface area contributed by atoms with E-state index in [1.54, 1.807) is 0 Å². The average molecular weight is 246 g/mol. The van der Waals surface area contributed by atoms with Crippen molar-refractivity contribution in [1.82, 2.24) is 5.32 Å². The van der Waals surface area contributed by atoms with Crippen LogP contribution in [0.3, 0.4) is 0 Å². The van der Waals surface area contributed by atoms with Gasteiger partial charge >= 0.3 is 0 Å². The van der Waals surface area contributed by atoms with Gasteiger partial charge in [-0.2, -0.15) is 0 Å². The van der Waals surface area contributed by atoms with Crippen LogP contribution in [-0.2, 0) is 11.2 Å². The third-order valence-corrected chi connectivity index (χ3v) is 3.62. The molecule has 1 aromatic rings. The molecule has 0 saturated heterocycles. The number of nitrogens with two attached hydrogens (primary N) is 1. The molecule has 3 nitrogen and oxygen atoms in total. The first kappa shape index (κ1) is 13.1. The van der Waals surface area contributed by atoms with E-state index in [0.717, 1.165) is 25.7 Å². The molecule has 0 spiro atoms. The van der Waals surface area contributed by atoms with E-state index in [2.05, 4.69) is 24.4 Å². The largest absolute Gasteiger partial charge is 0.353 e. The molecule has 0 heterocycles. The third-order valence-electron chi connectivity index (χ3n) is 3.62. The molecule has 0 radical (unpaired) electrons. The van der Waals surface area contributed by atoms with Crippen LogP contribution in [0.2, 0.25) is 0 Å². The van der Waals surface area contributed by atoms with E-state index in [1.807, 2.05) is 18.2 Å². The minimum absolute atomic E-state index is 0.123. The molecular formula is C15H22N2O. The molecule has 0 aromatic heterocycles. The van der Waals surface area contributed by atoms with Gasteiger partial charge in [0.05, 0.1) is 0 Å². The highest BCUT2D eigenvalue weighted by molar-refractivity contribution is 5.79. The van der Waals surface area contributed by atoms with Gasteiger partial charge in [-0.15, -0.1) is 0 Å². The van der Waals surface area contributed by atoms with E-state index in [-0.39, 0.29) is 23.9 Å². The Morgan fingerprint density at radius 2 is 2.11 bits per heavy atom. The van der Waals surface area contributed by atoms with E-state index >= 15 is 0 Å². The van der Waals surface area contributed by atoms with E-state index in [0.29, 0.717) is 0 Å². The first-order chi connectivity index (χ1) is 8.65. The summed E-state index contributed by atoms with van der Waals surface area (Å²) in [6.45, 7) is 2.06. The Labute approximate surface area is 109 Å². The summed E-state index contributed by atoms with van der Waals surface area (Å²) >= 11 is 0. The summed E-state index contributed by atoms with van der Waals surface area (Å²) < 4.78 is 0. The molecule has 3 heteroatoms. The minimum atomic E-state index is 0.123. The second kappa shape index (κ2) is 6.01. The average Bonchev–Trinajstić information content (AvgIpc) is 2.77. The van der Waals surface area contributed by atoms with E-state index < -0.39 is 0 Å². The van der Waals surface area contributed by atoms with Crippen LogP contribution < -0.4 is 11.1 Å². The number of hydrogen-bond acceptors (Lipinski definition) is 2. The molecule has 1 aliphatic rings. The van der Waals surface area contributed by atoms with Crippen molar-refractivity contribution in [2.24, 2.45) is 11.7 Å². The number of nitrogens with one attached hydrogen (secondary N) is 1. The summed E-state index contributed by atoms with van der Waals surface area (Å²) in [5.41, 5.74) is 7.10. The van der Waals surface area contributed by atoms with Crippen LogP contribution in [0, 0.1) is 5.92 Å². The Hall–Kier alpha value is -1.35. The molecule has 1 aliphatic carbocycles. The monoisotopic (exact) mass is 246 g/mol. The quantitative estimate of drug-likeness (QED) is 0.852. The van der Waals surface area contributed by atoms with Crippen molar-refractivity contribution in [1.29, 1.82) is 0 Å². The number of hydrogen-bond donors (Lipinski definition) is 2. The maximum atomic E-state index is 12.0. The summed E-state index contributed by atoms with van der Waals surface area (Å²) in [4.78, 5) is 12.0. The first-order valence-corrected chi connectivity index (χ1v) is 6.75. The molecule has 1 saturated carbocycles. The van der Waals surface area contributed by atoms with Gasteiger partial charge in [0.15, 0.2) is 0 Å². The van der Waals surface area contributed by atoms with Crippen molar-refractivity contribution >= 4 is 5.91 Å². The zero-order valence-corrected chi connectivity index (χ0v) is 10.9. The summed E-state index contributed by atoms with van der Waals surface area (Å²) in [6, 6.07) is 10.6. The Balaban J connectivity index is 1.80. The highest BCUT2D eigenvalue weighted by atomic mass is 16.1. The number of carbonyl (C=O) groups is 1. The Bertz CT molecular complexity index is 391. The fraction of sp³-hybridized carbons (Fsp3) is 0.533. The lowest BCUT2D eigenvalue weighted by atomic mass is 10.0. The van der Waals surface area contributed by atoms with Gasteiger partial charge in [-0.05, 0) is 38.2 Å². The van der Waals surface area contributed by atoms with Crippen molar-refractivity contribution in [3.05, 3.63) is 35.9 Å². The van der Waals surface area contributed by atoms with Gasteiger partial charge in [0.2, 0.25) is 5.91 Å². The van der Waals surface area contributed by atoms with Gasteiger partial charge in [0, 0.05) is 18.0 Å². The molecule has 1 amide bonds. The van der Waals surface area contributed by atoms with Crippen molar-refractivity contribution in [2.75, 3.05) is 0 Å². The van der Waals surface area contributed by atoms with Crippen molar-refractivity contribution in [3.8, 4) is 0 Å². The lowest BCUT2D eigenvalue weighted by molar-refractivity contribution is -0.125. The Morgan fingerprint density at radius 3 is 2.72 bits per heavy atom. The molecule has 3 unspecified atom stereocenters. The second-order valence-electron chi connectivity index (χ2n) is 5.37. The predicted octanol–water partition coefficient (Wildman–Crippen LogP) is 1.86. The van der Waals surface area contributed by atoms with Crippen molar-refractivity contribution < 1.29 is 4.79 Å². The van der Waals surface area contributed by atoms with E-state index in [9.17, 15) is 4.79 Å². The van der Waals surface area contributed by atoms with Gasteiger partial charge < -0.3 is 11.1 Å². The molecule has 2 rings (SSSR count). The smallest absolute Gasteiger partial charge is 0.223 e. The maximum absolute atomic E-state index is 12.0. The molecule has 1 aromatic carbocycles. The van der Waals surface area contributed by atoms with Gasteiger partial charge in [-0.3, -0.25) is 4.79 Å². The summed E-state index contributed by atoms with van der Waals surface area (Å²) in [5.74, 6) is 0.296. The highest BCUT2D eigenvalue weighted by Gasteiger charge is 2.28.